The van der Waals surface area contributed by atoms with Crippen LogP contribution in [0.3, 0.4) is 0 Å². The number of fused-ring (bicyclic) bond motifs is 1. The topological polar surface area (TPSA) is 40.9 Å². The van der Waals surface area contributed by atoms with Crippen molar-refractivity contribution >= 4 is 16.9 Å². The third kappa shape index (κ3) is 1.72. The maximum absolute atomic E-state index is 11.5. The lowest BCUT2D eigenvalue weighted by Gasteiger charge is -2.16. The van der Waals surface area contributed by atoms with Crippen LogP contribution < -0.4 is 0 Å². The summed E-state index contributed by atoms with van der Waals surface area (Å²) in [6, 6.07) is 2.07. The highest BCUT2D eigenvalue weighted by atomic mass is 32.2. The third-order valence-electron chi connectivity index (χ3n) is 2.94. The monoisotopic (exact) mass is 207 g/mol. The molecule has 0 amide bonds. The maximum Gasteiger partial charge on any atom is 0.230 e. The molecule has 2 rings (SSSR count). The lowest BCUT2D eigenvalue weighted by atomic mass is 9.93. The van der Waals surface area contributed by atoms with Crippen LogP contribution in [0.15, 0.2) is 11.1 Å². The SMILES string of the molecule is N#CC1=C2CCCCCCC2SC1=O. The first-order chi connectivity index (χ1) is 6.83. The number of carbonyl (C=O) groups is 1. The second-order valence-electron chi connectivity index (χ2n) is 3.86. The van der Waals surface area contributed by atoms with E-state index in [4.69, 9.17) is 5.26 Å². The predicted octanol–water partition coefficient (Wildman–Crippen LogP) is 2.80. The molecular formula is C11H13NOS. The van der Waals surface area contributed by atoms with Gasteiger partial charge in [-0.15, -0.1) is 0 Å². The number of nitrogens with zero attached hydrogens (tertiary/aromatic N) is 1. The fourth-order valence-corrected chi connectivity index (χ4v) is 3.40. The van der Waals surface area contributed by atoms with Gasteiger partial charge in [-0.25, -0.2) is 0 Å². The van der Waals surface area contributed by atoms with Gasteiger partial charge in [-0.05, 0) is 24.8 Å². The number of hydrogen-bond acceptors (Lipinski definition) is 3. The molecule has 0 saturated heterocycles. The molecule has 0 aromatic rings. The molecule has 14 heavy (non-hydrogen) atoms. The Morgan fingerprint density at radius 1 is 1.29 bits per heavy atom. The van der Waals surface area contributed by atoms with Crippen LogP contribution in [0.1, 0.15) is 38.5 Å². The van der Waals surface area contributed by atoms with Crippen LogP contribution in [-0.2, 0) is 4.79 Å². The second kappa shape index (κ2) is 4.18. The van der Waals surface area contributed by atoms with E-state index in [2.05, 4.69) is 6.07 Å². The summed E-state index contributed by atoms with van der Waals surface area (Å²) in [5, 5.41) is 9.24. The molecule has 0 spiro atoms. The van der Waals surface area contributed by atoms with Crippen molar-refractivity contribution in [2.45, 2.75) is 43.8 Å². The molecule has 74 valence electrons. The van der Waals surface area contributed by atoms with Crippen LogP contribution >= 0.6 is 11.8 Å². The van der Waals surface area contributed by atoms with Gasteiger partial charge >= 0.3 is 0 Å². The fraction of sp³-hybridized carbons (Fsp3) is 0.636. The Balaban J connectivity index is 2.25. The van der Waals surface area contributed by atoms with Crippen molar-refractivity contribution in [3.8, 4) is 6.07 Å². The summed E-state index contributed by atoms with van der Waals surface area (Å²) in [6.07, 6.45) is 6.91. The standard InChI is InChI=1S/C11H13NOS/c12-7-9-8-5-3-1-2-4-6-10(8)14-11(9)13/h10H,1-6H2. The molecule has 1 aliphatic carbocycles. The molecule has 0 bridgehead atoms. The summed E-state index contributed by atoms with van der Waals surface area (Å²) in [7, 11) is 0. The van der Waals surface area contributed by atoms with E-state index in [1.807, 2.05) is 0 Å². The van der Waals surface area contributed by atoms with Gasteiger partial charge in [0, 0.05) is 5.25 Å². The molecule has 0 aromatic carbocycles. The quantitative estimate of drug-likeness (QED) is 0.613. The molecule has 1 fully saturated rings. The van der Waals surface area contributed by atoms with Gasteiger partial charge in [0.25, 0.3) is 0 Å². The number of rotatable bonds is 0. The van der Waals surface area contributed by atoms with Gasteiger partial charge in [0.05, 0.1) is 0 Å². The minimum atomic E-state index is 0.00870. The van der Waals surface area contributed by atoms with Gasteiger partial charge in [0.15, 0.2) is 0 Å². The molecule has 1 unspecified atom stereocenters. The molecule has 0 radical (unpaired) electrons. The summed E-state index contributed by atoms with van der Waals surface area (Å²) in [5.41, 5.74) is 1.60. The van der Waals surface area contributed by atoms with Crippen LogP contribution in [-0.4, -0.2) is 10.4 Å². The van der Waals surface area contributed by atoms with Crippen molar-refractivity contribution in [3.05, 3.63) is 11.1 Å². The molecule has 2 aliphatic rings. The highest BCUT2D eigenvalue weighted by Gasteiger charge is 2.32. The van der Waals surface area contributed by atoms with E-state index in [1.54, 1.807) is 0 Å². The lowest BCUT2D eigenvalue weighted by molar-refractivity contribution is -0.107. The van der Waals surface area contributed by atoms with Gasteiger partial charge in [0.1, 0.15) is 11.6 Å². The van der Waals surface area contributed by atoms with Gasteiger partial charge in [-0.2, -0.15) is 5.26 Å². The number of thioether (sulfide) groups is 1. The normalized spacial score (nSPS) is 27.9. The van der Waals surface area contributed by atoms with Crippen LogP contribution in [0.4, 0.5) is 0 Å². The van der Waals surface area contributed by atoms with Crippen LogP contribution in [0.2, 0.25) is 0 Å². The Morgan fingerprint density at radius 2 is 2.07 bits per heavy atom. The minimum absolute atomic E-state index is 0.00870. The van der Waals surface area contributed by atoms with E-state index in [0.717, 1.165) is 24.8 Å². The molecule has 1 aliphatic heterocycles. The van der Waals surface area contributed by atoms with Gasteiger partial charge < -0.3 is 0 Å². The first-order valence-corrected chi connectivity index (χ1v) is 6.05. The fourth-order valence-electron chi connectivity index (χ4n) is 2.19. The largest absolute Gasteiger partial charge is 0.281 e. The van der Waals surface area contributed by atoms with Crippen molar-refractivity contribution in [2.75, 3.05) is 0 Å². The van der Waals surface area contributed by atoms with E-state index in [-0.39, 0.29) is 5.12 Å². The minimum Gasteiger partial charge on any atom is -0.281 e. The summed E-state index contributed by atoms with van der Waals surface area (Å²) < 4.78 is 0. The summed E-state index contributed by atoms with van der Waals surface area (Å²) >= 11 is 1.37. The lowest BCUT2D eigenvalue weighted by Crippen LogP contribution is -2.06. The first kappa shape index (κ1) is 9.79. The number of carbonyl (C=O) groups excluding carboxylic acids is 1. The zero-order chi connectivity index (χ0) is 9.97. The van der Waals surface area contributed by atoms with Gasteiger partial charge in [-0.3, -0.25) is 4.79 Å². The highest BCUT2D eigenvalue weighted by molar-refractivity contribution is 8.15. The molecule has 2 nitrogen and oxygen atoms in total. The Hall–Kier alpha value is -0.750. The zero-order valence-electron chi connectivity index (χ0n) is 8.08. The van der Waals surface area contributed by atoms with Gasteiger partial charge in [0.2, 0.25) is 5.12 Å². The molecule has 0 aromatic heterocycles. The molecule has 3 heteroatoms. The van der Waals surface area contributed by atoms with Crippen molar-refractivity contribution < 1.29 is 4.79 Å². The van der Waals surface area contributed by atoms with Crippen molar-refractivity contribution in [2.24, 2.45) is 0 Å². The van der Waals surface area contributed by atoms with Crippen LogP contribution in [0.25, 0.3) is 0 Å². The Kier molecular flexibility index (Phi) is 2.93. The molecule has 1 atom stereocenters. The van der Waals surface area contributed by atoms with Crippen molar-refractivity contribution in [1.82, 2.24) is 0 Å². The van der Waals surface area contributed by atoms with E-state index < -0.39 is 0 Å². The first-order valence-electron chi connectivity index (χ1n) is 5.17. The zero-order valence-corrected chi connectivity index (χ0v) is 8.90. The molecule has 0 N–H and O–H groups in total. The maximum atomic E-state index is 11.5. The van der Waals surface area contributed by atoms with Crippen molar-refractivity contribution in [1.29, 1.82) is 5.26 Å². The van der Waals surface area contributed by atoms with E-state index in [1.165, 1.54) is 31.0 Å². The van der Waals surface area contributed by atoms with E-state index in [9.17, 15) is 4.79 Å². The average Bonchev–Trinajstić information content (AvgIpc) is 2.42. The third-order valence-corrected chi connectivity index (χ3v) is 4.16. The highest BCUT2D eigenvalue weighted by Crippen LogP contribution is 2.40. The van der Waals surface area contributed by atoms with E-state index >= 15 is 0 Å². The summed E-state index contributed by atoms with van der Waals surface area (Å²) in [5.74, 6) is 0. The smallest absolute Gasteiger partial charge is 0.230 e. The summed E-state index contributed by atoms with van der Waals surface area (Å²) in [6.45, 7) is 0. The van der Waals surface area contributed by atoms with Crippen LogP contribution in [0.5, 0.6) is 0 Å². The number of nitriles is 1. The summed E-state index contributed by atoms with van der Waals surface area (Å²) in [4.78, 5) is 11.5. The van der Waals surface area contributed by atoms with E-state index in [0.29, 0.717) is 10.8 Å². The van der Waals surface area contributed by atoms with Crippen molar-refractivity contribution in [3.63, 3.8) is 0 Å². The Morgan fingerprint density at radius 3 is 2.86 bits per heavy atom. The Bertz CT molecular complexity index is 327. The molecular weight excluding hydrogens is 194 g/mol. The Labute approximate surface area is 88.4 Å². The molecule has 1 heterocycles. The average molecular weight is 207 g/mol. The second-order valence-corrected chi connectivity index (χ2v) is 5.03. The molecule has 1 saturated carbocycles. The van der Waals surface area contributed by atoms with Crippen LogP contribution in [0, 0.1) is 11.3 Å². The predicted molar refractivity (Wildman–Crippen MR) is 56.7 cm³/mol. The van der Waals surface area contributed by atoms with Gasteiger partial charge in [-0.1, -0.05) is 31.0 Å². The number of hydrogen-bond donors (Lipinski definition) is 0.